The zero-order valence-electron chi connectivity index (χ0n) is 11.9. The van der Waals surface area contributed by atoms with Gasteiger partial charge in [-0.15, -0.1) is 0 Å². The molecule has 0 bridgehead atoms. The van der Waals surface area contributed by atoms with E-state index in [0.717, 1.165) is 19.4 Å². The van der Waals surface area contributed by atoms with Gasteiger partial charge in [-0.2, -0.15) is 0 Å². The molecule has 1 amide bonds. The summed E-state index contributed by atoms with van der Waals surface area (Å²) in [5, 5.41) is 3.29. The van der Waals surface area contributed by atoms with Crippen molar-refractivity contribution in [1.82, 2.24) is 15.1 Å². The van der Waals surface area contributed by atoms with Crippen molar-refractivity contribution in [3.05, 3.63) is 0 Å². The van der Waals surface area contributed by atoms with Crippen molar-refractivity contribution >= 4 is 5.91 Å². The summed E-state index contributed by atoms with van der Waals surface area (Å²) in [6, 6.07) is 0.369. The third-order valence-corrected chi connectivity index (χ3v) is 3.26. The number of amides is 1. The average molecular weight is 241 g/mol. The van der Waals surface area contributed by atoms with Gasteiger partial charge in [-0.3, -0.25) is 10.1 Å². The average Bonchev–Trinajstić information content (AvgIpc) is 2.57. The normalized spacial score (nSPS) is 22.9. The summed E-state index contributed by atoms with van der Waals surface area (Å²) in [4.78, 5) is 16.4. The quantitative estimate of drug-likeness (QED) is 0.757. The molecule has 1 rings (SSSR count). The lowest BCUT2D eigenvalue weighted by Gasteiger charge is -2.31. The molecule has 4 nitrogen and oxygen atoms in total. The van der Waals surface area contributed by atoms with Crippen molar-refractivity contribution in [2.45, 2.75) is 45.7 Å². The third-order valence-electron chi connectivity index (χ3n) is 3.26. The Kier molecular flexibility index (Phi) is 5.40. The van der Waals surface area contributed by atoms with E-state index in [1.165, 1.54) is 0 Å². The Labute approximate surface area is 105 Å². The van der Waals surface area contributed by atoms with Gasteiger partial charge in [0.25, 0.3) is 0 Å². The first-order valence-corrected chi connectivity index (χ1v) is 6.64. The van der Waals surface area contributed by atoms with E-state index in [9.17, 15) is 4.79 Å². The van der Waals surface area contributed by atoms with E-state index in [2.05, 4.69) is 45.1 Å². The Hall–Kier alpha value is -0.610. The van der Waals surface area contributed by atoms with Crippen LogP contribution < -0.4 is 5.32 Å². The summed E-state index contributed by atoms with van der Waals surface area (Å²) < 4.78 is 0. The summed E-state index contributed by atoms with van der Waals surface area (Å²) in [6.45, 7) is 8.15. The van der Waals surface area contributed by atoms with Crippen molar-refractivity contribution in [3.63, 3.8) is 0 Å². The molecule has 2 unspecified atom stereocenters. The molecule has 1 heterocycles. The van der Waals surface area contributed by atoms with Crippen LogP contribution in [0.1, 0.15) is 33.6 Å². The highest BCUT2D eigenvalue weighted by atomic mass is 16.2. The van der Waals surface area contributed by atoms with Crippen LogP contribution in [-0.4, -0.2) is 55.1 Å². The Balaban J connectivity index is 2.66. The van der Waals surface area contributed by atoms with E-state index in [4.69, 9.17) is 0 Å². The van der Waals surface area contributed by atoms with Gasteiger partial charge in [0.15, 0.2) is 0 Å². The minimum atomic E-state index is 0.0341. The molecule has 0 aromatic carbocycles. The monoisotopic (exact) mass is 241 g/mol. The zero-order valence-corrected chi connectivity index (χ0v) is 11.9. The SMILES string of the molecule is CCC1NCN(C(CC(C)C)CN(C)C)C1=O. The molecule has 0 radical (unpaired) electrons. The Morgan fingerprint density at radius 3 is 2.53 bits per heavy atom. The largest absolute Gasteiger partial charge is 0.324 e. The molecule has 100 valence electrons. The van der Waals surface area contributed by atoms with Gasteiger partial charge in [0, 0.05) is 12.6 Å². The van der Waals surface area contributed by atoms with Crippen LogP contribution in [0.15, 0.2) is 0 Å². The van der Waals surface area contributed by atoms with Gasteiger partial charge in [0.1, 0.15) is 0 Å². The number of carbonyl (C=O) groups excluding carboxylic acids is 1. The first-order valence-electron chi connectivity index (χ1n) is 6.64. The molecule has 1 fully saturated rings. The molecule has 0 aliphatic carbocycles. The second kappa shape index (κ2) is 6.36. The number of nitrogens with one attached hydrogen (secondary N) is 1. The summed E-state index contributed by atoms with van der Waals surface area (Å²) in [7, 11) is 4.14. The second-order valence-corrected chi connectivity index (χ2v) is 5.68. The Morgan fingerprint density at radius 2 is 2.12 bits per heavy atom. The number of rotatable bonds is 6. The summed E-state index contributed by atoms with van der Waals surface area (Å²) in [6.07, 6.45) is 1.95. The fourth-order valence-electron chi connectivity index (χ4n) is 2.47. The Bertz CT molecular complexity index is 243. The van der Waals surface area contributed by atoms with E-state index in [-0.39, 0.29) is 11.9 Å². The van der Waals surface area contributed by atoms with E-state index in [1.54, 1.807) is 0 Å². The van der Waals surface area contributed by atoms with Crippen LogP contribution in [0.5, 0.6) is 0 Å². The fourth-order valence-corrected chi connectivity index (χ4v) is 2.47. The highest BCUT2D eigenvalue weighted by Crippen LogP contribution is 2.17. The number of carbonyl (C=O) groups is 1. The van der Waals surface area contributed by atoms with Crippen molar-refractivity contribution in [2.24, 2.45) is 5.92 Å². The molecular formula is C13H27N3O. The van der Waals surface area contributed by atoms with Crippen molar-refractivity contribution in [3.8, 4) is 0 Å². The van der Waals surface area contributed by atoms with E-state index in [1.807, 2.05) is 4.90 Å². The van der Waals surface area contributed by atoms with Crippen LogP contribution in [0.2, 0.25) is 0 Å². The number of nitrogens with zero attached hydrogens (tertiary/aromatic N) is 2. The molecule has 1 saturated heterocycles. The van der Waals surface area contributed by atoms with Crippen LogP contribution in [0, 0.1) is 5.92 Å². The van der Waals surface area contributed by atoms with Crippen LogP contribution >= 0.6 is 0 Å². The highest BCUT2D eigenvalue weighted by molar-refractivity contribution is 5.84. The van der Waals surface area contributed by atoms with Crippen molar-refractivity contribution in [1.29, 1.82) is 0 Å². The molecule has 17 heavy (non-hydrogen) atoms. The summed E-state index contributed by atoms with van der Waals surface area (Å²) >= 11 is 0. The van der Waals surface area contributed by atoms with Gasteiger partial charge in [-0.25, -0.2) is 0 Å². The predicted molar refractivity (Wildman–Crippen MR) is 70.7 cm³/mol. The minimum absolute atomic E-state index is 0.0341. The third kappa shape index (κ3) is 3.96. The maximum absolute atomic E-state index is 12.2. The van der Waals surface area contributed by atoms with Crippen LogP contribution in [0.3, 0.4) is 0 Å². The van der Waals surface area contributed by atoms with Gasteiger partial charge in [0.2, 0.25) is 5.91 Å². The minimum Gasteiger partial charge on any atom is -0.324 e. The smallest absolute Gasteiger partial charge is 0.241 e. The van der Waals surface area contributed by atoms with E-state index in [0.29, 0.717) is 18.6 Å². The lowest BCUT2D eigenvalue weighted by Crippen LogP contribution is -2.45. The van der Waals surface area contributed by atoms with Crippen LogP contribution in [-0.2, 0) is 4.79 Å². The highest BCUT2D eigenvalue weighted by Gasteiger charge is 2.34. The zero-order chi connectivity index (χ0) is 13.0. The fraction of sp³-hybridized carbons (Fsp3) is 0.923. The van der Waals surface area contributed by atoms with E-state index >= 15 is 0 Å². The first-order chi connectivity index (χ1) is 7.95. The molecule has 4 heteroatoms. The molecular weight excluding hydrogens is 214 g/mol. The van der Waals surface area contributed by atoms with Gasteiger partial charge in [-0.1, -0.05) is 20.8 Å². The van der Waals surface area contributed by atoms with Crippen LogP contribution in [0.25, 0.3) is 0 Å². The standard InChI is InChI=1S/C13H27N3O/c1-6-12-13(17)16(9-14-12)11(7-10(2)3)8-15(4)5/h10-12,14H,6-9H2,1-5H3. The molecule has 1 aliphatic heterocycles. The molecule has 2 atom stereocenters. The topological polar surface area (TPSA) is 35.6 Å². The lowest BCUT2D eigenvalue weighted by molar-refractivity contribution is -0.131. The molecule has 1 N–H and O–H groups in total. The number of likely N-dealkylation sites (N-methyl/N-ethyl adjacent to an activating group) is 1. The molecule has 0 spiro atoms. The second-order valence-electron chi connectivity index (χ2n) is 5.68. The van der Waals surface area contributed by atoms with Gasteiger partial charge < -0.3 is 9.80 Å². The predicted octanol–water partition coefficient (Wildman–Crippen LogP) is 1.13. The van der Waals surface area contributed by atoms with Crippen molar-refractivity contribution in [2.75, 3.05) is 27.3 Å². The molecule has 0 saturated carbocycles. The summed E-state index contributed by atoms with van der Waals surface area (Å²) in [5.74, 6) is 0.897. The Morgan fingerprint density at radius 1 is 1.47 bits per heavy atom. The van der Waals surface area contributed by atoms with E-state index < -0.39 is 0 Å². The molecule has 1 aliphatic rings. The number of hydrogen-bond donors (Lipinski definition) is 1. The van der Waals surface area contributed by atoms with Crippen molar-refractivity contribution < 1.29 is 4.79 Å². The molecule has 0 aromatic rings. The van der Waals surface area contributed by atoms with Gasteiger partial charge >= 0.3 is 0 Å². The number of hydrogen-bond acceptors (Lipinski definition) is 3. The lowest BCUT2D eigenvalue weighted by atomic mass is 10.0. The maximum Gasteiger partial charge on any atom is 0.241 e. The maximum atomic E-state index is 12.2. The molecule has 0 aromatic heterocycles. The first kappa shape index (κ1) is 14.5. The summed E-state index contributed by atoms with van der Waals surface area (Å²) in [5.41, 5.74) is 0. The van der Waals surface area contributed by atoms with Gasteiger partial charge in [0.05, 0.1) is 12.7 Å². The van der Waals surface area contributed by atoms with Crippen LogP contribution in [0.4, 0.5) is 0 Å². The van der Waals surface area contributed by atoms with Gasteiger partial charge in [-0.05, 0) is 32.9 Å².